The van der Waals surface area contributed by atoms with Crippen LogP contribution in [0.5, 0.6) is 5.75 Å². The molecule has 1 aliphatic rings. The SMILES string of the molecule is Cc1cc(OC(C)C)ccc1NC(=O)C1(N)CCCC1. The molecular formula is C16H24N2O2. The number of rotatable bonds is 4. The molecule has 0 saturated heterocycles. The molecule has 1 fully saturated rings. The van der Waals surface area contributed by atoms with E-state index in [-0.39, 0.29) is 12.0 Å². The Balaban J connectivity index is 2.08. The van der Waals surface area contributed by atoms with Crippen LogP contribution in [-0.2, 0) is 4.79 Å². The fourth-order valence-corrected chi connectivity index (χ4v) is 2.60. The van der Waals surface area contributed by atoms with Gasteiger partial charge in [0.2, 0.25) is 5.91 Å². The standard InChI is InChI=1S/C16H24N2O2/c1-11(2)20-13-6-7-14(12(3)10-13)18-15(19)16(17)8-4-5-9-16/h6-7,10-11H,4-5,8-9,17H2,1-3H3,(H,18,19). The quantitative estimate of drug-likeness (QED) is 0.888. The Labute approximate surface area is 120 Å². The second kappa shape index (κ2) is 5.83. The van der Waals surface area contributed by atoms with Gasteiger partial charge in [-0.15, -0.1) is 0 Å². The zero-order valence-corrected chi connectivity index (χ0v) is 12.5. The van der Waals surface area contributed by atoms with Crippen molar-refractivity contribution < 1.29 is 9.53 Å². The molecule has 0 aliphatic heterocycles. The van der Waals surface area contributed by atoms with E-state index in [1.54, 1.807) is 0 Å². The van der Waals surface area contributed by atoms with Crippen LogP contribution in [0.4, 0.5) is 5.69 Å². The van der Waals surface area contributed by atoms with Gasteiger partial charge in [-0.3, -0.25) is 4.79 Å². The lowest BCUT2D eigenvalue weighted by Crippen LogP contribution is -2.48. The number of amides is 1. The van der Waals surface area contributed by atoms with Crippen molar-refractivity contribution in [2.45, 2.75) is 58.1 Å². The van der Waals surface area contributed by atoms with E-state index in [0.717, 1.165) is 42.7 Å². The lowest BCUT2D eigenvalue weighted by molar-refractivity contribution is -0.121. The first kappa shape index (κ1) is 14.9. The molecule has 0 radical (unpaired) electrons. The highest BCUT2D eigenvalue weighted by Gasteiger charge is 2.37. The monoisotopic (exact) mass is 276 g/mol. The van der Waals surface area contributed by atoms with E-state index in [0.29, 0.717) is 0 Å². The van der Waals surface area contributed by atoms with Crippen LogP contribution >= 0.6 is 0 Å². The van der Waals surface area contributed by atoms with Gasteiger partial charge in [-0.1, -0.05) is 12.8 Å². The summed E-state index contributed by atoms with van der Waals surface area (Å²) in [7, 11) is 0. The summed E-state index contributed by atoms with van der Waals surface area (Å²) in [6.45, 7) is 5.94. The van der Waals surface area contributed by atoms with Gasteiger partial charge in [0.25, 0.3) is 0 Å². The first-order valence-corrected chi connectivity index (χ1v) is 7.28. The Morgan fingerprint density at radius 3 is 2.55 bits per heavy atom. The minimum absolute atomic E-state index is 0.0735. The highest BCUT2D eigenvalue weighted by atomic mass is 16.5. The molecule has 0 bridgehead atoms. The van der Waals surface area contributed by atoms with Gasteiger partial charge >= 0.3 is 0 Å². The predicted molar refractivity (Wildman–Crippen MR) is 81.0 cm³/mol. The molecule has 1 amide bonds. The third-order valence-corrected chi connectivity index (χ3v) is 3.77. The lowest BCUT2D eigenvalue weighted by Gasteiger charge is -2.23. The third-order valence-electron chi connectivity index (χ3n) is 3.77. The molecule has 0 spiro atoms. The number of anilines is 1. The van der Waals surface area contributed by atoms with Crippen molar-refractivity contribution in [2.75, 3.05) is 5.32 Å². The van der Waals surface area contributed by atoms with E-state index in [1.807, 2.05) is 39.0 Å². The Kier molecular flexibility index (Phi) is 4.33. The van der Waals surface area contributed by atoms with E-state index < -0.39 is 5.54 Å². The first-order chi connectivity index (χ1) is 9.40. The summed E-state index contributed by atoms with van der Waals surface area (Å²) < 4.78 is 5.64. The lowest BCUT2D eigenvalue weighted by atomic mass is 9.98. The number of carbonyl (C=O) groups is 1. The summed E-state index contributed by atoms with van der Waals surface area (Å²) in [4.78, 5) is 12.3. The first-order valence-electron chi connectivity index (χ1n) is 7.28. The van der Waals surface area contributed by atoms with Crippen LogP contribution in [0.3, 0.4) is 0 Å². The number of carbonyl (C=O) groups excluding carboxylic acids is 1. The van der Waals surface area contributed by atoms with E-state index in [2.05, 4.69) is 5.32 Å². The molecule has 0 unspecified atom stereocenters. The van der Waals surface area contributed by atoms with E-state index in [4.69, 9.17) is 10.5 Å². The van der Waals surface area contributed by atoms with Crippen molar-refractivity contribution in [1.29, 1.82) is 0 Å². The third kappa shape index (κ3) is 3.31. The number of benzene rings is 1. The van der Waals surface area contributed by atoms with Crippen molar-refractivity contribution in [3.63, 3.8) is 0 Å². The van der Waals surface area contributed by atoms with Gasteiger partial charge in [-0.05, 0) is 57.4 Å². The maximum absolute atomic E-state index is 12.3. The number of hydrogen-bond donors (Lipinski definition) is 2. The highest BCUT2D eigenvalue weighted by molar-refractivity contribution is 5.98. The second-order valence-electron chi connectivity index (χ2n) is 5.96. The van der Waals surface area contributed by atoms with Gasteiger partial charge in [0.05, 0.1) is 11.6 Å². The molecule has 1 aliphatic carbocycles. The average Bonchev–Trinajstić information content (AvgIpc) is 2.80. The molecule has 2 rings (SSSR count). The highest BCUT2D eigenvalue weighted by Crippen LogP contribution is 2.29. The Hall–Kier alpha value is -1.55. The molecule has 1 aromatic carbocycles. The number of nitrogens with one attached hydrogen (secondary N) is 1. The fraction of sp³-hybridized carbons (Fsp3) is 0.562. The van der Waals surface area contributed by atoms with E-state index in [9.17, 15) is 4.79 Å². The van der Waals surface area contributed by atoms with Crippen molar-refractivity contribution in [3.05, 3.63) is 23.8 Å². The van der Waals surface area contributed by atoms with Gasteiger partial charge in [0.15, 0.2) is 0 Å². The Morgan fingerprint density at radius 1 is 1.35 bits per heavy atom. The summed E-state index contributed by atoms with van der Waals surface area (Å²) in [6, 6.07) is 5.69. The molecular weight excluding hydrogens is 252 g/mol. The molecule has 4 heteroatoms. The van der Waals surface area contributed by atoms with Crippen LogP contribution in [0, 0.1) is 6.92 Å². The van der Waals surface area contributed by atoms with Crippen LogP contribution in [0.25, 0.3) is 0 Å². The summed E-state index contributed by atoms with van der Waals surface area (Å²) in [5, 5.41) is 2.95. The zero-order valence-electron chi connectivity index (χ0n) is 12.5. The molecule has 110 valence electrons. The molecule has 20 heavy (non-hydrogen) atoms. The fourth-order valence-electron chi connectivity index (χ4n) is 2.60. The van der Waals surface area contributed by atoms with Gasteiger partial charge in [-0.25, -0.2) is 0 Å². The van der Waals surface area contributed by atoms with Gasteiger partial charge < -0.3 is 15.8 Å². The molecule has 1 saturated carbocycles. The second-order valence-corrected chi connectivity index (χ2v) is 5.96. The maximum atomic E-state index is 12.3. The Morgan fingerprint density at radius 2 is 2.00 bits per heavy atom. The molecule has 1 aromatic rings. The van der Waals surface area contributed by atoms with Crippen LogP contribution < -0.4 is 15.8 Å². The minimum atomic E-state index is -0.695. The van der Waals surface area contributed by atoms with E-state index in [1.165, 1.54) is 0 Å². The molecule has 3 N–H and O–H groups in total. The van der Waals surface area contributed by atoms with Crippen LogP contribution in [0.2, 0.25) is 0 Å². The predicted octanol–water partition coefficient (Wildman–Crippen LogP) is 2.99. The van der Waals surface area contributed by atoms with Gasteiger partial charge in [0, 0.05) is 5.69 Å². The van der Waals surface area contributed by atoms with E-state index >= 15 is 0 Å². The number of ether oxygens (including phenoxy) is 1. The topological polar surface area (TPSA) is 64.3 Å². The summed E-state index contributed by atoms with van der Waals surface area (Å²) in [6.07, 6.45) is 3.74. The molecule has 4 nitrogen and oxygen atoms in total. The summed E-state index contributed by atoms with van der Waals surface area (Å²) >= 11 is 0. The summed E-state index contributed by atoms with van der Waals surface area (Å²) in [5.41, 5.74) is 7.26. The average molecular weight is 276 g/mol. The van der Waals surface area contributed by atoms with Gasteiger partial charge in [0.1, 0.15) is 5.75 Å². The van der Waals surface area contributed by atoms with Crippen molar-refractivity contribution in [2.24, 2.45) is 5.73 Å². The zero-order chi connectivity index (χ0) is 14.8. The molecule has 0 heterocycles. The minimum Gasteiger partial charge on any atom is -0.491 e. The number of hydrogen-bond acceptors (Lipinski definition) is 3. The molecule has 0 atom stereocenters. The van der Waals surface area contributed by atoms with Crippen molar-refractivity contribution in [1.82, 2.24) is 0 Å². The molecule has 0 aromatic heterocycles. The van der Waals surface area contributed by atoms with Crippen molar-refractivity contribution >= 4 is 11.6 Å². The largest absolute Gasteiger partial charge is 0.491 e. The van der Waals surface area contributed by atoms with Crippen LogP contribution in [0.15, 0.2) is 18.2 Å². The van der Waals surface area contributed by atoms with Crippen LogP contribution in [0.1, 0.15) is 45.1 Å². The smallest absolute Gasteiger partial charge is 0.244 e. The normalized spacial score (nSPS) is 17.2. The van der Waals surface area contributed by atoms with Crippen molar-refractivity contribution in [3.8, 4) is 5.75 Å². The number of nitrogens with two attached hydrogens (primary N) is 1. The van der Waals surface area contributed by atoms with Crippen LogP contribution in [-0.4, -0.2) is 17.6 Å². The number of aryl methyl sites for hydroxylation is 1. The van der Waals surface area contributed by atoms with Gasteiger partial charge in [-0.2, -0.15) is 0 Å². The maximum Gasteiger partial charge on any atom is 0.244 e. The summed E-state index contributed by atoms with van der Waals surface area (Å²) in [5.74, 6) is 0.745. The Bertz CT molecular complexity index is 491.